The minimum atomic E-state index is -0.754. The lowest BCUT2D eigenvalue weighted by Crippen LogP contribution is -2.49. The summed E-state index contributed by atoms with van der Waals surface area (Å²) < 4.78 is 10.9. The Hall–Kier alpha value is -2.41. The maximum absolute atomic E-state index is 13.4. The molecule has 0 saturated carbocycles. The van der Waals surface area contributed by atoms with Crippen LogP contribution in [0, 0.1) is 0 Å². The van der Waals surface area contributed by atoms with Crippen molar-refractivity contribution in [3.8, 4) is 10.4 Å². The number of aliphatic hydroxyl groups is 1. The molecule has 150 valence electrons. The summed E-state index contributed by atoms with van der Waals surface area (Å²) in [6.45, 7) is 1.48. The molecule has 1 amide bonds. The number of rotatable bonds is 4. The normalized spacial score (nSPS) is 19.5. The molecule has 2 atom stereocenters. The van der Waals surface area contributed by atoms with Gasteiger partial charge < -0.3 is 19.2 Å². The summed E-state index contributed by atoms with van der Waals surface area (Å²) >= 11 is 1.59. The standard InChI is InChI=1S/C23H23NO4S/c25-19(20-6-3-10-28-20)13-17-14-27-11-9-24(17)23(26)21-12-16-8-7-15-4-1-2-5-18(15)22(16)29-21/h1-6,10,12,17,19,25H,7-9,11,13-14H2. The minimum Gasteiger partial charge on any atom is -0.467 e. The topological polar surface area (TPSA) is 62.9 Å². The Morgan fingerprint density at radius 2 is 2.07 bits per heavy atom. The van der Waals surface area contributed by atoms with Crippen molar-refractivity contribution >= 4 is 17.2 Å². The third-order valence-electron chi connectivity index (χ3n) is 5.80. The van der Waals surface area contributed by atoms with Crippen molar-refractivity contribution in [3.05, 3.63) is 70.5 Å². The maximum Gasteiger partial charge on any atom is 0.264 e. The largest absolute Gasteiger partial charge is 0.467 e. The van der Waals surface area contributed by atoms with E-state index in [1.165, 1.54) is 21.6 Å². The van der Waals surface area contributed by atoms with Crippen molar-refractivity contribution < 1.29 is 19.1 Å². The zero-order valence-electron chi connectivity index (χ0n) is 16.0. The number of carbonyl (C=O) groups is 1. The Labute approximate surface area is 173 Å². The van der Waals surface area contributed by atoms with Crippen molar-refractivity contribution in [2.45, 2.75) is 31.4 Å². The molecule has 1 aliphatic carbocycles. The fraction of sp³-hybridized carbons (Fsp3) is 0.348. The molecule has 1 aromatic carbocycles. The number of hydrogen-bond donors (Lipinski definition) is 1. The summed E-state index contributed by atoms with van der Waals surface area (Å²) in [5.74, 6) is 0.549. The molecule has 2 aromatic heterocycles. The molecule has 5 rings (SSSR count). The molecule has 3 heterocycles. The van der Waals surface area contributed by atoms with Gasteiger partial charge in [0.25, 0.3) is 5.91 Å². The molecular formula is C23H23NO4S. The Morgan fingerprint density at radius 3 is 2.93 bits per heavy atom. The van der Waals surface area contributed by atoms with Gasteiger partial charge in [0.1, 0.15) is 11.9 Å². The van der Waals surface area contributed by atoms with Crippen LogP contribution in [0.15, 0.2) is 53.1 Å². The van der Waals surface area contributed by atoms with Gasteiger partial charge in [-0.2, -0.15) is 0 Å². The molecule has 1 saturated heterocycles. The van der Waals surface area contributed by atoms with Crippen LogP contribution in [0.25, 0.3) is 10.4 Å². The highest BCUT2D eigenvalue weighted by atomic mass is 32.1. The predicted octanol–water partition coefficient (Wildman–Crippen LogP) is 4.07. The van der Waals surface area contributed by atoms with Crippen molar-refractivity contribution in [1.29, 1.82) is 0 Å². The summed E-state index contributed by atoms with van der Waals surface area (Å²) in [4.78, 5) is 17.2. The second-order valence-corrected chi connectivity index (χ2v) is 8.67. The first kappa shape index (κ1) is 18.6. The number of aryl methyl sites for hydroxylation is 2. The lowest BCUT2D eigenvalue weighted by molar-refractivity contribution is -0.0193. The van der Waals surface area contributed by atoms with Gasteiger partial charge in [-0.3, -0.25) is 4.79 Å². The monoisotopic (exact) mass is 409 g/mol. The predicted molar refractivity (Wildman–Crippen MR) is 111 cm³/mol. The van der Waals surface area contributed by atoms with Crippen LogP contribution in [0.4, 0.5) is 0 Å². The summed E-state index contributed by atoms with van der Waals surface area (Å²) in [5.41, 5.74) is 3.87. The van der Waals surface area contributed by atoms with E-state index in [2.05, 4.69) is 30.3 Å². The number of furan rings is 1. The molecule has 6 heteroatoms. The van der Waals surface area contributed by atoms with E-state index >= 15 is 0 Å². The quantitative estimate of drug-likeness (QED) is 0.706. The van der Waals surface area contributed by atoms with Crippen LogP contribution in [-0.2, 0) is 17.6 Å². The van der Waals surface area contributed by atoms with Gasteiger partial charge >= 0.3 is 0 Å². The molecule has 2 unspecified atom stereocenters. The van der Waals surface area contributed by atoms with Crippen LogP contribution < -0.4 is 0 Å². The zero-order chi connectivity index (χ0) is 19.8. The van der Waals surface area contributed by atoms with E-state index in [1.807, 2.05) is 4.90 Å². The zero-order valence-corrected chi connectivity index (χ0v) is 16.9. The van der Waals surface area contributed by atoms with Gasteiger partial charge in [-0.1, -0.05) is 24.3 Å². The van der Waals surface area contributed by atoms with Crippen LogP contribution >= 0.6 is 11.3 Å². The summed E-state index contributed by atoms with van der Waals surface area (Å²) in [7, 11) is 0. The van der Waals surface area contributed by atoms with Crippen molar-refractivity contribution in [2.24, 2.45) is 0 Å². The van der Waals surface area contributed by atoms with Gasteiger partial charge in [0.2, 0.25) is 0 Å². The van der Waals surface area contributed by atoms with Crippen LogP contribution in [0.5, 0.6) is 0 Å². The maximum atomic E-state index is 13.4. The number of benzene rings is 1. The summed E-state index contributed by atoms with van der Waals surface area (Å²) in [6, 6.07) is 13.9. The molecule has 1 fully saturated rings. The third kappa shape index (κ3) is 3.52. The number of amides is 1. The van der Waals surface area contributed by atoms with Crippen molar-refractivity contribution in [1.82, 2.24) is 4.90 Å². The number of carbonyl (C=O) groups excluding carboxylic acids is 1. The van der Waals surface area contributed by atoms with Crippen LogP contribution in [-0.4, -0.2) is 41.7 Å². The van der Waals surface area contributed by atoms with Gasteiger partial charge in [0.05, 0.1) is 30.4 Å². The molecular weight excluding hydrogens is 386 g/mol. The highest BCUT2D eigenvalue weighted by Gasteiger charge is 2.32. The lowest BCUT2D eigenvalue weighted by Gasteiger charge is -2.36. The lowest BCUT2D eigenvalue weighted by atomic mass is 9.91. The third-order valence-corrected chi connectivity index (χ3v) is 7.00. The average Bonchev–Trinajstić information content (AvgIpc) is 3.44. The summed E-state index contributed by atoms with van der Waals surface area (Å²) in [6.07, 6.45) is 3.18. The summed E-state index contributed by atoms with van der Waals surface area (Å²) in [5, 5.41) is 10.5. The van der Waals surface area contributed by atoms with E-state index in [4.69, 9.17) is 9.15 Å². The second kappa shape index (κ2) is 7.78. The molecule has 0 spiro atoms. The number of aliphatic hydroxyl groups excluding tert-OH is 1. The fourth-order valence-electron chi connectivity index (χ4n) is 4.29. The van der Waals surface area contributed by atoms with Crippen LogP contribution in [0.3, 0.4) is 0 Å². The van der Waals surface area contributed by atoms with E-state index in [0.29, 0.717) is 31.9 Å². The molecule has 3 aromatic rings. The van der Waals surface area contributed by atoms with Crippen molar-refractivity contribution in [3.63, 3.8) is 0 Å². The van der Waals surface area contributed by atoms with Crippen LogP contribution in [0.2, 0.25) is 0 Å². The average molecular weight is 410 g/mol. The molecule has 29 heavy (non-hydrogen) atoms. The van der Waals surface area contributed by atoms with E-state index in [0.717, 1.165) is 17.7 Å². The molecule has 0 bridgehead atoms. The highest BCUT2D eigenvalue weighted by Crippen LogP contribution is 2.40. The first-order chi connectivity index (χ1) is 14.2. The van der Waals surface area contributed by atoms with Gasteiger partial charge in [-0.15, -0.1) is 11.3 Å². The highest BCUT2D eigenvalue weighted by molar-refractivity contribution is 7.17. The first-order valence-corrected chi connectivity index (χ1v) is 10.8. The van der Waals surface area contributed by atoms with E-state index < -0.39 is 6.10 Å². The molecule has 2 aliphatic rings. The van der Waals surface area contributed by atoms with Gasteiger partial charge in [0.15, 0.2) is 0 Å². The second-order valence-electron chi connectivity index (χ2n) is 7.62. The molecule has 5 nitrogen and oxygen atoms in total. The van der Waals surface area contributed by atoms with E-state index in [-0.39, 0.29) is 11.9 Å². The molecule has 0 radical (unpaired) electrons. The number of fused-ring (bicyclic) bond motifs is 3. The fourth-order valence-corrected chi connectivity index (χ4v) is 5.52. The Kier molecular flexibility index (Phi) is 4.99. The number of ether oxygens (including phenoxy) is 1. The van der Waals surface area contributed by atoms with E-state index in [9.17, 15) is 9.90 Å². The van der Waals surface area contributed by atoms with Crippen LogP contribution in [0.1, 0.15) is 39.1 Å². The number of hydrogen-bond acceptors (Lipinski definition) is 5. The smallest absolute Gasteiger partial charge is 0.264 e. The van der Waals surface area contributed by atoms with Gasteiger partial charge in [-0.05, 0) is 47.7 Å². The van der Waals surface area contributed by atoms with Gasteiger partial charge in [0, 0.05) is 17.8 Å². The molecule has 1 N–H and O–H groups in total. The first-order valence-electron chi connectivity index (χ1n) is 10.0. The number of thiophene rings is 1. The SMILES string of the molecule is O=C(c1cc2c(s1)-c1ccccc1CC2)N1CCOCC1CC(O)c1ccco1. The molecule has 1 aliphatic heterocycles. The Bertz CT molecular complexity index is 1010. The Balaban J connectivity index is 1.39. The Morgan fingerprint density at radius 1 is 1.21 bits per heavy atom. The number of morpholine rings is 1. The van der Waals surface area contributed by atoms with Gasteiger partial charge in [-0.25, -0.2) is 0 Å². The minimum absolute atomic E-state index is 0.0295. The number of nitrogens with zero attached hydrogens (tertiary/aromatic N) is 1. The van der Waals surface area contributed by atoms with Crippen molar-refractivity contribution in [2.75, 3.05) is 19.8 Å². The van der Waals surface area contributed by atoms with E-state index in [1.54, 1.807) is 29.7 Å².